The third-order valence-corrected chi connectivity index (χ3v) is 7.23. The Balaban J connectivity index is 2.45. The Labute approximate surface area is 207 Å². The SMILES string of the molecule is Cc1cccc(CN(C(=O)CN(c2ccccc2F)S(=O)(=O)N(C)C)[C@H](C)C(=O)NCC(C)C)c1. The number of carbonyl (C=O) groups excluding carboxylic acids is 2. The lowest BCUT2D eigenvalue weighted by Gasteiger charge is -2.33. The Hall–Kier alpha value is -2.98. The van der Waals surface area contributed by atoms with E-state index in [2.05, 4.69) is 5.32 Å². The number of para-hydroxylation sites is 1. The summed E-state index contributed by atoms with van der Waals surface area (Å²) in [4.78, 5) is 27.8. The van der Waals surface area contributed by atoms with E-state index in [1.165, 1.54) is 37.2 Å². The minimum Gasteiger partial charge on any atom is -0.354 e. The largest absolute Gasteiger partial charge is 0.354 e. The van der Waals surface area contributed by atoms with Crippen molar-refractivity contribution in [1.82, 2.24) is 14.5 Å². The van der Waals surface area contributed by atoms with Gasteiger partial charge in [-0.15, -0.1) is 0 Å². The molecule has 0 saturated carbocycles. The first-order valence-electron chi connectivity index (χ1n) is 11.4. The van der Waals surface area contributed by atoms with Gasteiger partial charge in [-0.1, -0.05) is 55.8 Å². The molecule has 0 aliphatic carbocycles. The number of nitrogens with one attached hydrogen (secondary N) is 1. The van der Waals surface area contributed by atoms with Gasteiger partial charge in [0.05, 0.1) is 5.69 Å². The fraction of sp³-hybridized carbons (Fsp3) is 0.440. The molecule has 192 valence electrons. The van der Waals surface area contributed by atoms with Crippen LogP contribution >= 0.6 is 0 Å². The van der Waals surface area contributed by atoms with E-state index in [0.717, 1.165) is 25.8 Å². The topological polar surface area (TPSA) is 90.0 Å². The Kier molecular flexibility index (Phi) is 9.79. The molecule has 1 N–H and O–H groups in total. The molecule has 0 bridgehead atoms. The summed E-state index contributed by atoms with van der Waals surface area (Å²) in [6.45, 7) is 7.28. The lowest BCUT2D eigenvalue weighted by atomic mass is 10.1. The molecule has 0 fully saturated rings. The number of rotatable bonds is 11. The van der Waals surface area contributed by atoms with Crippen LogP contribution in [0, 0.1) is 18.7 Å². The third kappa shape index (κ3) is 7.50. The van der Waals surface area contributed by atoms with Gasteiger partial charge in [-0.05, 0) is 37.5 Å². The molecule has 0 aliphatic heterocycles. The van der Waals surface area contributed by atoms with E-state index in [1.54, 1.807) is 6.92 Å². The second-order valence-electron chi connectivity index (χ2n) is 9.07. The predicted molar refractivity (Wildman–Crippen MR) is 135 cm³/mol. The van der Waals surface area contributed by atoms with Gasteiger partial charge in [0.25, 0.3) is 0 Å². The molecule has 0 aromatic heterocycles. The van der Waals surface area contributed by atoms with Gasteiger partial charge < -0.3 is 10.2 Å². The number of nitrogens with zero attached hydrogens (tertiary/aromatic N) is 3. The Bertz CT molecular complexity index is 1140. The van der Waals surface area contributed by atoms with Crippen LogP contribution in [0.5, 0.6) is 0 Å². The highest BCUT2D eigenvalue weighted by molar-refractivity contribution is 7.90. The first-order chi connectivity index (χ1) is 16.3. The van der Waals surface area contributed by atoms with Crippen LogP contribution in [0.25, 0.3) is 0 Å². The van der Waals surface area contributed by atoms with E-state index >= 15 is 0 Å². The van der Waals surface area contributed by atoms with Crippen LogP contribution in [-0.2, 0) is 26.3 Å². The second-order valence-corrected chi connectivity index (χ2v) is 11.1. The second kappa shape index (κ2) is 12.1. The maximum absolute atomic E-state index is 14.6. The smallest absolute Gasteiger partial charge is 0.304 e. The summed E-state index contributed by atoms with van der Waals surface area (Å²) in [7, 11) is -1.60. The van der Waals surface area contributed by atoms with E-state index in [0.29, 0.717) is 6.54 Å². The summed E-state index contributed by atoms with van der Waals surface area (Å²) in [5, 5.41) is 2.82. The van der Waals surface area contributed by atoms with Crippen LogP contribution in [-0.4, -0.2) is 62.7 Å². The third-order valence-electron chi connectivity index (χ3n) is 5.43. The van der Waals surface area contributed by atoms with Crippen molar-refractivity contribution in [3.63, 3.8) is 0 Å². The molecule has 0 saturated heterocycles. The first-order valence-corrected chi connectivity index (χ1v) is 12.8. The van der Waals surface area contributed by atoms with Crippen LogP contribution in [0.3, 0.4) is 0 Å². The zero-order chi connectivity index (χ0) is 26.3. The summed E-state index contributed by atoms with van der Waals surface area (Å²) in [6.07, 6.45) is 0. The molecule has 10 heteroatoms. The highest BCUT2D eigenvalue weighted by Gasteiger charge is 2.33. The molecule has 35 heavy (non-hydrogen) atoms. The molecule has 0 unspecified atom stereocenters. The van der Waals surface area contributed by atoms with E-state index in [-0.39, 0.29) is 24.1 Å². The number of hydrogen-bond donors (Lipinski definition) is 1. The van der Waals surface area contributed by atoms with Crippen LogP contribution in [0.4, 0.5) is 10.1 Å². The van der Waals surface area contributed by atoms with Gasteiger partial charge in [-0.2, -0.15) is 12.7 Å². The summed E-state index contributed by atoms with van der Waals surface area (Å²) in [5.74, 6) is -1.55. The fourth-order valence-electron chi connectivity index (χ4n) is 3.40. The average Bonchev–Trinajstić information content (AvgIpc) is 2.79. The summed E-state index contributed by atoms with van der Waals surface area (Å²) in [5.41, 5.74) is 1.52. The number of amides is 2. The van der Waals surface area contributed by atoms with Gasteiger partial charge in [0.2, 0.25) is 11.8 Å². The number of carbonyl (C=O) groups is 2. The number of hydrogen-bond acceptors (Lipinski definition) is 4. The molecule has 0 spiro atoms. The number of anilines is 1. The van der Waals surface area contributed by atoms with Crippen LogP contribution in [0.2, 0.25) is 0 Å². The number of aryl methyl sites for hydroxylation is 1. The Morgan fingerprint density at radius 2 is 1.69 bits per heavy atom. The van der Waals surface area contributed by atoms with Gasteiger partial charge in [0.15, 0.2) is 0 Å². The van der Waals surface area contributed by atoms with Crippen molar-refractivity contribution >= 4 is 27.7 Å². The van der Waals surface area contributed by atoms with Gasteiger partial charge in [0.1, 0.15) is 18.4 Å². The number of benzene rings is 2. The molecule has 2 aromatic carbocycles. The molecule has 0 heterocycles. The van der Waals surface area contributed by atoms with Crippen LogP contribution in [0.15, 0.2) is 48.5 Å². The fourth-order valence-corrected chi connectivity index (χ4v) is 4.46. The summed E-state index contributed by atoms with van der Waals surface area (Å²) < 4.78 is 42.4. The average molecular weight is 507 g/mol. The minimum atomic E-state index is -4.21. The molecule has 2 aromatic rings. The normalized spacial score (nSPS) is 12.5. The highest BCUT2D eigenvalue weighted by Crippen LogP contribution is 2.24. The highest BCUT2D eigenvalue weighted by atomic mass is 32.2. The van der Waals surface area contributed by atoms with Gasteiger partial charge in [-0.3, -0.25) is 9.59 Å². The van der Waals surface area contributed by atoms with Crippen molar-refractivity contribution in [2.24, 2.45) is 5.92 Å². The first kappa shape index (κ1) is 28.3. The van der Waals surface area contributed by atoms with E-state index in [1.807, 2.05) is 45.0 Å². The molecular formula is C25H35FN4O4S. The standard InChI is InChI=1S/C25H35FN4O4S/c1-18(2)15-27-25(32)20(4)29(16-21-11-9-10-19(3)14-21)24(31)17-30(35(33,34)28(5)6)23-13-8-7-12-22(23)26/h7-14,18,20H,15-17H2,1-6H3,(H,27,32)/t20-/m1/s1. The van der Waals surface area contributed by atoms with Crippen molar-refractivity contribution in [3.8, 4) is 0 Å². The van der Waals surface area contributed by atoms with E-state index in [4.69, 9.17) is 0 Å². The van der Waals surface area contributed by atoms with E-state index < -0.39 is 34.5 Å². The van der Waals surface area contributed by atoms with Crippen molar-refractivity contribution in [3.05, 3.63) is 65.5 Å². The molecular weight excluding hydrogens is 471 g/mol. The van der Waals surface area contributed by atoms with Crippen LogP contribution in [0.1, 0.15) is 31.9 Å². The summed E-state index contributed by atoms with van der Waals surface area (Å²) in [6, 6.07) is 12.0. The van der Waals surface area contributed by atoms with Gasteiger partial charge in [0, 0.05) is 27.2 Å². The minimum absolute atomic E-state index is 0.0872. The summed E-state index contributed by atoms with van der Waals surface area (Å²) >= 11 is 0. The predicted octanol–water partition coefficient (Wildman–Crippen LogP) is 2.94. The molecule has 8 nitrogen and oxygen atoms in total. The molecule has 0 radical (unpaired) electrons. The van der Waals surface area contributed by atoms with Crippen molar-refractivity contribution in [2.75, 3.05) is 31.5 Å². The molecule has 0 aliphatic rings. The lowest BCUT2D eigenvalue weighted by molar-refractivity contribution is -0.139. The monoisotopic (exact) mass is 506 g/mol. The van der Waals surface area contributed by atoms with Crippen molar-refractivity contribution < 1.29 is 22.4 Å². The molecule has 1 atom stereocenters. The Morgan fingerprint density at radius 1 is 1.03 bits per heavy atom. The zero-order valence-electron chi connectivity index (χ0n) is 21.2. The van der Waals surface area contributed by atoms with Crippen molar-refractivity contribution in [1.29, 1.82) is 0 Å². The quantitative estimate of drug-likeness (QED) is 0.508. The zero-order valence-corrected chi connectivity index (χ0v) is 22.0. The molecule has 2 amide bonds. The van der Waals surface area contributed by atoms with Gasteiger partial charge >= 0.3 is 10.2 Å². The Morgan fingerprint density at radius 3 is 2.26 bits per heavy atom. The van der Waals surface area contributed by atoms with Gasteiger partial charge in [-0.25, -0.2) is 8.70 Å². The molecule has 2 rings (SSSR count). The maximum atomic E-state index is 14.6. The van der Waals surface area contributed by atoms with Crippen LogP contribution < -0.4 is 9.62 Å². The number of halogens is 1. The van der Waals surface area contributed by atoms with E-state index in [9.17, 15) is 22.4 Å². The lowest BCUT2D eigenvalue weighted by Crippen LogP contribution is -2.52. The van der Waals surface area contributed by atoms with Crippen molar-refractivity contribution in [2.45, 2.75) is 40.3 Å². The maximum Gasteiger partial charge on any atom is 0.304 e.